The summed E-state index contributed by atoms with van der Waals surface area (Å²) in [5, 5.41) is 10.4. The van der Waals surface area contributed by atoms with Gasteiger partial charge in [0.2, 0.25) is 0 Å². The highest BCUT2D eigenvalue weighted by molar-refractivity contribution is 4.93. The van der Waals surface area contributed by atoms with Crippen molar-refractivity contribution in [2.24, 2.45) is 5.41 Å². The molecule has 1 unspecified atom stereocenters. The number of aliphatic hydroxyl groups is 1. The largest absolute Gasteiger partial charge is 0.390 e. The normalized spacial score (nSPS) is 28.5. The van der Waals surface area contributed by atoms with E-state index in [0.717, 1.165) is 19.3 Å². The van der Waals surface area contributed by atoms with Crippen molar-refractivity contribution < 1.29 is 5.11 Å². The van der Waals surface area contributed by atoms with Gasteiger partial charge in [-0.05, 0) is 31.1 Å². The molecule has 1 rings (SSSR count). The number of rotatable bonds is 7. The molecule has 0 radical (unpaired) electrons. The molecule has 0 heterocycles. The third kappa shape index (κ3) is 4.86. The van der Waals surface area contributed by atoms with Crippen molar-refractivity contribution in [3.05, 3.63) is 0 Å². The molecule has 0 amide bonds. The van der Waals surface area contributed by atoms with Crippen LogP contribution in [0.4, 0.5) is 0 Å². The molecule has 1 aliphatic carbocycles. The standard InChI is InChI=1S/C15H30O/c1-4-5-6-7-8-9-10-15(16)12-11-14(2,3)13-15/h16H,4-13H2,1-3H3. The van der Waals surface area contributed by atoms with Crippen LogP contribution in [0.2, 0.25) is 0 Å². The summed E-state index contributed by atoms with van der Waals surface area (Å²) < 4.78 is 0. The minimum atomic E-state index is -0.325. The molecule has 0 aliphatic heterocycles. The highest BCUT2D eigenvalue weighted by Crippen LogP contribution is 2.45. The van der Waals surface area contributed by atoms with Crippen molar-refractivity contribution in [1.29, 1.82) is 0 Å². The molecule has 0 saturated heterocycles. The third-order valence-electron chi connectivity index (χ3n) is 4.07. The predicted molar refractivity (Wildman–Crippen MR) is 70.6 cm³/mol. The zero-order valence-corrected chi connectivity index (χ0v) is 11.5. The highest BCUT2D eigenvalue weighted by Gasteiger charge is 2.40. The molecule has 96 valence electrons. The molecule has 1 nitrogen and oxygen atoms in total. The molecule has 0 bridgehead atoms. The quantitative estimate of drug-likeness (QED) is 0.625. The fourth-order valence-electron chi connectivity index (χ4n) is 3.09. The molecule has 1 fully saturated rings. The van der Waals surface area contributed by atoms with Crippen molar-refractivity contribution in [3.63, 3.8) is 0 Å². The van der Waals surface area contributed by atoms with Gasteiger partial charge in [0.25, 0.3) is 0 Å². The second kappa shape index (κ2) is 6.05. The third-order valence-corrected chi connectivity index (χ3v) is 4.07. The summed E-state index contributed by atoms with van der Waals surface area (Å²) in [6.07, 6.45) is 12.2. The van der Waals surface area contributed by atoms with Crippen LogP contribution in [0.1, 0.15) is 85.0 Å². The van der Waals surface area contributed by atoms with E-state index in [1.807, 2.05) is 0 Å². The molecular formula is C15H30O. The van der Waals surface area contributed by atoms with Crippen LogP contribution in [0.15, 0.2) is 0 Å². The van der Waals surface area contributed by atoms with Gasteiger partial charge in [0.15, 0.2) is 0 Å². The van der Waals surface area contributed by atoms with Crippen molar-refractivity contribution in [3.8, 4) is 0 Å². The van der Waals surface area contributed by atoms with Crippen molar-refractivity contribution >= 4 is 0 Å². The van der Waals surface area contributed by atoms with Crippen molar-refractivity contribution in [2.75, 3.05) is 0 Å². The van der Waals surface area contributed by atoms with E-state index >= 15 is 0 Å². The summed E-state index contributed by atoms with van der Waals surface area (Å²) in [6, 6.07) is 0. The molecule has 16 heavy (non-hydrogen) atoms. The van der Waals surface area contributed by atoms with Crippen LogP contribution in [0, 0.1) is 5.41 Å². The van der Waals surface area contributed by atoms with Crippen LogP contribution in [0.3, 0.4) is 0 Å². The van der Waals surface area contributed by atoms with Gasteiger partial charge in [0.1, 0.15) is 0 Å². The molecule has 1 saturated carbocycles. The summed E-state index contributed by atoms with van der Waals surface area (Å²) in [6.45, 7) is 6.82. The van der Waals surface area contributed by atoms with E-state index < -0.39 is 0 Å². The molecule has 1 N–H and O–H groups in total. The van der Waals surface area contributed by atoms with Gasteiger partial charge in [0.05, 0.1) is 5.60 Å². The molecule has 0 spiro atoms. The second-order valence-electron chi connectivity index (χ2n) is 6.58. The minimum Gasteiger partial charge on any atom is -0.390 e. The monoisotopic (exact) mass is 226 g/mol. The number of unbranched alkanes of at least 4 members (excludes halogenated alkanes) is 5. The molecule has 1 heteroatoms. The Balaban J connectivity index is 2.09. The van der Waals surface area contributed by atoms with E-state index in [2.05, 4.69) is 20.8 Å². The van der Waals surface area contributed by atoms with Crippen LogP contribution in [0.25, 0.3) is 0 Å². The first-order chi connectivity index (χ1) is 7.47. The molecule has 0 aromatic carbocycles. The zero-order chi connectivity index (χ0) is 12.1. The van der Waals surface area contributed by atoms with Crippen LogP contribution >= 0.6 is 0 Å². The minimum absolute atomic E-state index is 0.325. The zero-order valence-electron chi connectivity index (χ0n) is 11.5. The first-order valence-corrected chi connectivity index (χ1v) is 7.20. The Morgan fingerprint density at radius 3 is 2.12 bits per heavy atom. The summed E-state index contributed by atoms with van der Waals surface area (Å²) in [4.78, 5) is 0. The second-order valence-corrected chi connectivity index (χ2v) is 6.58. The fourth-order valence-corrected chi connectivity index (χ4v) is 3.09. The molecule has 0 aromatic rings. The Labute approximate surface area is 102 Å². The van der Waals surface area contributed by atoms with Crippen LogP contribution in [0.5, 0.6) is 0 Å². The maximum atomic E-state index is 10.4. The van der Waals surface area contributed by atoms with Crippen LogP contribution in [-0.2, 0) is 0 Å². The fraction of sp³-hybridized carbons (Fsp3) is 1.00. The average molecular weight is 226 g/mol. The SMILES string of the molecule is CCCCCCCCC1(O)CCC(C)(C)C1. The van der Waals surface area contributed by atoms with Crippen LogP contribution < -0.4 is 0 Å². The molecule has 1 atom stereocenters. The van der Waals surface area contributed by atoms with Gasteiger partial charge in [0, 0.05) is 0 Å². The van der Waals surface area contributed by atoms with Gasteiger partial charge < -0.3 is 5.11 Å². The maximum absolute atomic E-state index is 10.4. The Bertz CT molecular complexity index is 198. The van der Waals surface area contributed by atoms with Gasteiger partial charge >= 0.3 is 0 Å². The number of hydrogen-bond acceptors (Lipinski definition) is 1. The molecule has 1 aliphatic rings. The lowest BCUT2D eigenvalue weighted by Gasteiger charge is -2.25. The van der Waals surface area contributed by atoms with Gasteiger partial charge in [-0.1, -0.05) is 59.3 Å². The summed E-state index contributed by atoms with van der Waals surface area (Å²) >= 11 is 0. The molecule has 0 aromatic heterocycles. The van der Waals surface area contributed by atoms with E-state index in [1.54, 1.807) is 0 Å². The Morgan fingerprint density at radius 2 is 1.56 bits per heavy atom. The van der Waals surface area contributed by atoms with E-state index in [-0.39, 0.29) is 5.60 Å². The van der Waals surface area contributed by atoms with Crippen LogP contribution in [-0.4, -0.2) is 10.7 Å². The van der Waals surface area contributed by atoms with Gasteiger partial charge in [-0.15, -0.1) is 0 Å². The van der Waals surface area contributed by atoms with Crippen molar-refractivity contribution in [1.82, 2.24) is 0 Å². The first-order valence-electron chi connectivity index (χ1n) is 7.20. The van der Waals surface area contributed by atoms with E-state index in [4.69, 9.17) is 0 Å². The van der Waals surface area contributed by atoms with E-state index in [0.29, 0.717) is 5.41 Å². The highest BCUT2D eigenvalue weighted by atomic mass is 16.3. The summed E-state index contributed by atoms with van der Waals surface area (Å²) in [5.41, 5.74) is 0.0468. The average Bonchev–Trinajstić information content (AvgIpc) is 2.47. The smallest absolute Gasteiger partial charge is 0.0653 e. The summed E-state index contributed by atoms with van der Waals surface area (Å²) in [7, 11) is 0. The number of hydrogen-bond donors (Lipinski definition) is 1. The lowest BCUT2D eigenvalue weighted by atomic mass is 9.87. The Hall–Kier alpha value is -0.0400. The van der Waals surface area contributed by atoms with Gasteiger partial charge in [-0.25, -0.2) is 0 Å². The Kier molecular flexibility index (Phi) is 5.30. The molecular weight excluding hydrogens is 196 g/mol. The lowest BCUT2D eigenvalue weighted by Crippen LogP contribution is -2.25. The topological polar surface area (TPSA) is 20.2 Å². The van der Waals surface area contributed by atoms with Crippen molar-refractivity contribution in [2.45, 2.75) is 90.6 Å². The maximum Gasteiger partial charge on any atom is 0.0653 e. The Morgan fingerprint density at radius 1 is 0.938 bits per heavy atom. The van der Waals surface area contributed by atoms with E-state index in [1.165, 1.54) is 44.9 Å². The first kappa shape index (κ1) is 14.0. The van der Waals surface area contributed by atoms with Gasteiger partial charge in [-0.2, -0.15) is 0 Å². The summed E-state index contributed by atoms with van der Waals surface area (Å²) in [5.74, 6) is 0. The predicted octanol–water partition coefficient (Wildman–Crippen LogP) is 4.68. The lowest BCUT2D eigenvalue weighted by molar-refractivity contribution is 0.0264. The van der Waals surface area contributed by atoms with E-state index in [9.17, 15) is 5.11 Å². The van der Waals surface area contributed by atoms with Gasteiger partial charge in [-0.3, -0.25) is 0 Å².